The van der Waals surface area contributed by atoms with Crippen LogP contribution in [0.2, 0.25) is 0 Å². The van der Waals surface area contributed by atoms with Gasteiger partial charge in [-0.3, -0.25) is 19.3 Å². The van der Waals surface area contributed by atoms with Gasteiger partial charge >= 0.3 is 0 Å². The summed E-state index contributed by atoms with van der Waals surface area (Å²) in [6, 6.07) is 20.3. The lowest BCUT2D eigenvalue weighted by molar-refractivity contribution is -0.127. The molecule has 212 valence electrons. The van der Waals surface area contributed by atoms with Gasteiger partial charge in [0.15, 0.2) is 11.5 Å². The van der Waals surface area contributed by atoms with Crippen LogP contribution in [0.3, 0.4) is 0 Å². The number of hydrogen-bond acceptors (Lipinski definition) is 7. The lowest BCUT2D eigenvalue weighted by Crippen LogP contribution is -2.36. The molecule has 1 saturated heterocycles. The van der Waals surface area contributed by atoms with Crippen LogP contribution in [0.1, 0.15) is 30.5 Å². The Morgan fingerprint density at radius 3 is 2.39 bits per heavy atom. The van der Waals surface area contributed by atoms with Crippen LogP contribution in [0.5, 0.6) is 17.2 Å². The van der Waals surface area contributed by atoms with Crippen molar-refractivity contribution in [3.8, 4) is 17.2 Å². The quantitative estimate of drug-likeness (QED) is 0.185. The van der Waals surface area contributed by atoms with Gasteiger partial charge in [0.2, 0.25) is 5.91 Å². The Morgan fingerprint density at radius 2 is 1.71 bits per heavy atom. The SMILES string of the molecule is C=CCc1cc(/C=C2/SC(=O)N(CC(=O)Nc3ccc(OCC)cc3)C2=O)cc(OCC)c1OCc1ccccc1. The van der Waals surface area contributed by atoms with Crippen LogP contribution in [0.25, 0.3) is 6.08 Å². The van der Waals surface area contributed by atoms with E-state index >= 15 is 0 Å². The highest BCUT2D eigenvalue weighted by Gasteiger charge is 2.36. The minimum atomic E-state index is -0.533. The number of amides is 3. The van der Waals surface area contributed by atoms with Crippen LogP contribution >= 0.6 is 11.8 Å². The molecule has 3 amide bonds. The number of benzene rings is 3. The zero-order valence-corrected chi connectivity index (χ0v) is 23.9. The summed E-state index contributed by atoms with van der Waals surface area (Å²) in [4.78, 5) is 39.6. The smallest absolute Gasteiger partial charge is 0.294 e. The van der Waals surface area contributed by atoms with Crippen molar-refractivity contribution in [1.82, 2.24) is 4.90 Å². The summed E-state index contributed by atoms with van der Waals surface area (Å²) in [5.74, 6) is 0.801. The Morgan fingerprint density at radius 1 is 0.976 bits per heavy atom. The van der Waals surface area contributed by atoms with Gasteiger partial charge in [-0.1, -0.05) is 36.4 Å². The molecule has 1 aliphatic heterocycles. The molecule has 0 aromatic heterocycles. The van der Waals surface area contributed by atoms with E-state index < -0.39 is 23.6 Å². The molecule has 3 aromatic carbocycles. The van der Waals surface area contributed by atoms with E-state index in [0.717, 1.165) is 27.8 Å². The molecular formula is C32H32N2O6S. The molecular weight excluding hydrogens is 540 g/mol. The summed E-state index contributed by atoms with van der Waals surface area (Å²) in [6.07, 6.45) is 3.91. The molecule has 9 heteroatoms. The molecule has 0 bridgehead atoms. The fraction of sp³-hybridized carbons (Fsp3) is 0.219. The van der Waals surface area contributed by atoms with Gasteiger partial charge in [0.25, 0.3) is 11.1 Å². The van der Waals surface area contributed by atoms with Crippen molar-refractivity contribution in [2.24, 2.45) is 0 Å². The van der Waals surface area contributed by atoms with Crippen molar-refractivity contribution in [1.29, 1.82) is 0 Å². The van der Waals surface area contributed by atoms with E-state index in [0.29, 0.717) is 54.7 Å². The third-order valence-corrected chi connectivity index (χ3v) is 6.87. The van der Waals surface area contributed by atoms with Crippen LogP contribution in [0, 0.1) is 0 Å². The molecule has 1 fully saturated rings. The number of ether oxygens (including phenoxy) is 3. The summed E-state index contributed by atoms with van der Waals surface area (Å²) >= 11 is 0.792. The average Bonchev–Trinajstić information content (AvgIpc) is 3.22. The monoisotopic (exact) mass is 572 g/mol. The molecule has 1 heterocycles. The zero-order chi connectivity index (χ0) is 29.2. The summed E-state index contributed by atoms with van der Waals surface area (Å²) in [5.41, 5.74) is 3.06. The van der Waals surface area contributed by atoms with Crippen LogP contribution < -0.4 is 19.5 Å². The number of rotatable bonds is 13. The van der Waals surface area contributed by atoms with Crippen molar-refractivity contribution < 1.29 is 28.6 Å². The van der Waals surface area contributed by atoms with Crippen molar-refractivity contribution in [2.75, 3.05) is 25.1 Å². The molecule has 0 saturated carbocycles. The normalized spacial score (nSPS) is 13.8. The first-order chi connectivity index (χ1) is 19.9. The number of nitrogens with zero attached hydrogens (tertiary/aromatic N) is 1. The molecule has 0 aliphatic carbocycles. The van der Waals surface area contributed by atoms with Gasteiger partial charge in [-0.2, -0.15) is 0 Å². The second-order valence-corrected chi connectivity index (χ2v) is 9.97. The van der Waals surface area contributed by atoms with Gasteiger partial charge in [0.1, 0.15) is 18.9 Å². The minimum absolute atomic E-state index is 0.217. The highest BCUT2D eigenvalue weighted by Crippen LogP contribution is 2.37. The van der Waals surface area contributed by atoms with Crippen LogP contribution in [0.15, 0.2) is 84.3 Å². The summed E-state index contributed by atoms with van der Waals surface area (Å²) in [6.45, 7) is 8.54. The van der Waals surface area contributed by atoms with Crippen LogP contribution in [-0.2, 0) is 22.6 Å². The predicted molar refractivity (Wildman–Crippen MR) is 161 cm³/mol. The number of carbonyl (C=O) groups is 3. The summed E-state index contributed by atoms with van der Waals surface area (Å²) < 4.78 is 17.5. The lowest BCUT2D eigenvalue weighted by atomic mass is 10.0. The number of allylic oxidation sites excluding steroid dienone is 1. The zero-order valence-electron chi connectivity index (χ0n) is 23.1. The number of hydrogen-bond donors (Lipinski definition) is 1. The van der Waals surface area contributed by atoms with E-state index in [1.54, 1.807) is 42.5 Å². The van der Waals surface area contributed by atoms with E-state index in [-0.39, 0.29) is 4.91 Å². The number of anilines is 1. The maximum Gasteiger partial charge on any atom is 0.294 e. The molecule has 0 spiro atoms. The predicted octanol–water partition coefficient (Wildman–Crippen LogP) is 6.47. The maximum atomic E-state index is 13.1. The minimum Gasteiger partial charge on any atom is -0.494 e. The molecule has 0 atom stereocenters. The van der Waals surface area contributed by atoms with Gasteiger partial charge in [0, 0.05) is 11.3 Å². The maximum absolute atomic E-state index is 13.1. The topological polar surface area (TPSA) is 94.2 Å². The summed E-state index contributed by atoms with van der Waals surface area (Å²) in [7, 11) is 0. The Bertz CT molecular complexity index is 1440. The van der Waals surface area contributed by atoms with E-state index in [9.17, 15) is 14.4 Å². The third kappa shape index (κ3) is 7.79. The molecule has 8 nitrogen and oxygen atoms in total. The van der Waals surface area contributed by atoms with Crippen molar-refractivity contribution in [2.45, 2.75) is 26.9 Å². The number of thioether (sulfide) groups is 1. The molecule has 3 aromatic rings. The highest BCUT2D eigenvalue weighted by atomic mass is 32.2. The van der Waals surface area contributed by atoms with Crippen LogP contribution in [-0.4, -0.2) is 41.7 Å². The lowest BCUT2D eigenvalue weighted by Gasteiger charge is -2.17. The first-order valence-electron chi connectivity index (χ1n) is 13.3. The number of carbonyl (C=O) groups excluding carboxylic acids is 3. The first kappa shape index (κ1) is 29.5. The Balaban J connectivity index is 1.50. The Kier molecular flexibility index (Phi) is 10.2. The molecule has 1 N–H and O–H groups in total. The Labute approximate surface area is 244 Å². The van der Waals surface area contributed by atoms with Crippen LogP contribution in [0.4, 0.5) is 10.5 Å². The fourth-order valence-electron chi connectivity index (χ4n) is 4.16. The largest absolute Gasteiger partial charge is 0.494 e. The van der Waals surface area contributed by atoms with Gasteiger partial charge in [-0.25, -0.2) is 0 Å². The molecule has 0 radical (unpaired) electrons. The van der Waals surface area contributed by atoms with Gasteiger partial charge in [-0.05, 0) is 85.6 Å². The van der Waals surface area contributed by atoms with Crippen molar-refractivity contribution in [3.05, 3.63) is 101 Å². The van der Waals surface area contributed by atoms with Crippen molar-refractivity contribution in [3.63, 3.8) is 0 Å². The number of imide groups is 1. The second-order valence-electron chi connectivity index (χ2n) is 8.98. The second kappa shape index (κ2) is 14.2. The fourth-order valence-corrected chi connectivity index (χ4v) is 5.00. The van der Waals surface area contributed by atoms with E-state index in [4.69, 9.17) is 14.2 Å². The first-order valence-corrected chi connectivity index (χ1v) is 14.1. The van der Waals surface area contributed by atoms with E-state index in [1.807, 2.05) is 50.2 Å². The average molecular weight is 573 g/mol. The highest BCUT2D eigenvalue weighted by molar-refractivity contribution is 8.18. The van der Waals surface area contributed by atoms with Gasteiger partial charge in [0.05, 0.1) is 18.1 Å². The third-order valence-electron chi connectivity index (χ3n) is 5.97. The Hall–Kier alpha value is -4.50. The summed E-state index contributed by atoms with van der Waals surface area (Å²) in [5, 5.41) is 2.20. The molecule has 0 unspecified atom stereocenters. The van der Waals surface area contributed by atoms with Gasteiger partial charge < -0.3 is 19.5 Å². The molecule has 1 aliphatic rings. The van der Waals surface area contributed by atoms with E-state index in [2.05, 4.69) is 11.9 Å². The van der Waals surface area contributed by atoms with Crippen molar-refractivity contribution >= 4 is 40.6 Å². The number of nitrogens with one attached hydrogen (secondary N) is 1. The molecule has 41 heavy (non-hydrogen) atoms. The van der Waals surface area contributed by atoms with E-state index in [1.165, 1.54) is 0 Å². The van der Waals surface area contributed by atoms with Gasteiger partial charge in [-0.15, -0.1) is 6.58 Å². The molecule has 4 rings (SSSR count). The standard InChI is InChI=1S/C32H32N2O6S/c1-4-10-24-17-23(18-27(39-6-3)30(24)40-21-22-11-8-7-9-12-22)19-28-31(36)34(32(37)41-28)20-29(35)33-25-13-15-26(16-14-25)38-5-2/h4,7-9,11-19H,1,5-6,10,20-21H2,2-3H3,(H,33,35)/b28-19+.